The van der Waals surface area contributed by atoms with Gasteiger partial charge in [-0.1, -0.05) is 78.9 Å². The Hall–Kier alpha value is -2.92. The molecule has 0 aliphatic rings. The van der Waals surface area contributed by atoms with E-state index in [-0.39, 0.29) is 4.90 Å². The predicted molar refractivity (Wildman–Crippen MR) is 104 cm³/mol. The van der Waals surface area contributed by atoms with Crippen LogP contribution in [-0.2, 0) is 19.4 Å². The van der Waals surface area contributed by atoms with Crippen molar-refractivity contribution in [3.8, 4) is 0 Å². The lowest BCUT2D eigenvalue weighted by Gasteiger charge is -2.27. The van der Waals surface area contributed by atoms with Gasteiger partial charge in [-0.25, -0.2) is 8.42 Å². The SMILES string of the molecule is CC(=O)O[C@H](c1ccccc1)[C@H](c1ccccc1)S(=O)(=O)c1ccccc1. The zero-order chi connectivity index (χ0) is 19.3. The molecule has 138 valence electrons. The fraction of sp³-hybridized carbons (Fsp3) is 0.136. The van der Waals surface area contributed by atoms with Crippen LogP contribution in [0.5, 0.6) is 0 Å². The van der Waals surface area contributed by atoms with Crippen molar-refractivity contribution in [3.63, 3.8) is 0 Å². The number of hydrogen-bond acceptors (Lipinski definition) is 4. The number of sulfone groups is 1. The summed E-state index contributed by atoms with van der Waals surface area (Å²) in [6, 6.07) is 26.0. The third kappa shape index (κ3) is 4.26. The average molecular weight is 380 g/mol. The highest BCUT2D eigenvalue weighted by molar-refractivity contribution is 7.91. The molecular formula is C22H20O4S. The van der Waals surface area contributed by atoms with Crippen molar-refractivity contribution in [1.29, 1.82) is 0 Å². The minimum Gasteiger partial charge on any atom is -0.456 e. The maximum absolute atomic E-state index is 13.5. The van der Waals surface area contributed by atoms with Crippen molar-refractivity contribution >= 4 is 15.8 Å². The van der Waals surface area contributed by atoms with E-state index in [0.717, 1.165) is 0 Å². The van der Waals surface area contributed by atoms with Crippen LogP contribution in [0.1, 0.15) is 29.4 Å². The number of esters is 1. The Labute approximate surface area is 159 Å². The first-order chi connectivity index (χ1) is 13.0. The van der Waals surface area contributed by atoms with Crippen molar-refractivity contribution in [2.45, 2.75) is 23.2 Å². The molecule has 0 amide bonds. The number of ether oxygens (including phenoxy) is 1. The van der Waals surface area contributed by atoms with Crippen molar-refractivity contribution < 1.29 is 17.9 Å². The molecule has 3 aromatic rings. The third-order valence-electron chi connectivity index (χ3n) is 4.23. The Morgan fingerprint density at radius 1 is 0.741 bits per heavy atom. The summed E-state index contributed by atoms with van der Waals surface area (Å²) in [5.41, 5.74) is 1.19. The molecule has 0 aromatic heterocycles. The van der Waals surface area contributed by atoms with E-state index in [1.54, 1.807) is 78.9 Å². The Balaban J connectivity index is 2.21. The molecule has 0 fully saturated rings. The van der Waals surface area contributed by atoms with Gasteiger partial charge in [-0.15, -0.1) is 0 Å². The van der Waals surface area contributed by atoms with Crippen molar-refractivity contribution in [2.24, 2.45) is 0 Å². The Kier molecular flexibility index (Phi) is 5.72. The van der Waals surface area contributed by atoms with Crippen LogP contribution in [0.3, 0.4) is 0 Å². The molecule has 0 saturated heterocycles. The summed E-state index contributed by atoms with van der Waals surface area (Å²) < 4.78 is 32.6. The average Bonchev–Trinajstić information content (AvgIpc) is 2.69. The smallest absolute Gasteiger partial charge is 0.303 e. The molecule has 3 rings (SSSR count). The summed E-state index contributed by atoms with van der Waals surface area (Å²) in [6.45, 7) is 1.28. The molecule has 0 spiro atoms. The van der Waals surface area contributed by atoms with Crippen LogP contribution in [0.25, 0.3) is 0 Å². The monoisotopic (exact) mass is 380 g/mol. The summed E-state index contributed by atoms with van der Waals surface area (Å²) in [5, 5.41) is -1.06. The van der Waals surface area contributed by atoms with Crippen LogP contribution < -0.4 is 0 Å². The lowest BCUT2D eigenvalue weighted by atomic mass is 10.0. The molecule has 0 unspecified atom stereocenters. The summed E-state index contributed by atoms with van der Waals surface area (Å²) in [6.07, 6.45) is -0.962. The van der Waals surface area contributed by atoms with Gasteiger partial charge in [0.15, 0.2) is 9.84 Å². The quantitative estimate of drug-likeness (QED) is 0.591. The van der Waals surface area contributed by atoms with Crippen molar-refractivity contribution in [1.82, 2.24) is 0 Å². The third-order valence-corrected chi connectivity index (χ3v) is 6.35. The van der Waals surface area contributed by atoms with E-state index < -0.39 is 27.2 Å². The minimum atomic E-state index is -3.82. The van der Waals surface area contributed by atoms with Gasteiger partial charge in [0.25, 0.3) is 0 Å². The van der Waals surface area contributed by atoms with Gasteiger partial charge in [-0.2, -0.15) is 0 Å². The van der Waals surface area contributed by atoms with Crippen molar-refractivity contribution in [3.05, 3.63) is 102 Å². The van der Waals surface area contributed by atoms with Gasteiger partial charge in [0.1, 0.15) is 11.4 Å². The maximum atomic E-state index is 13.5. The molecule has 3 aromatic carbocycles. The van der Waals surface area contributed by atoms with E-state index in [2.05, 4.69) is 0 Å². The lowest BCUT2D eigenvalue weighted by Crippen LogP contribution is -2.24. The number of benzene rings is 3. The molecule has 0 radical (unpaired) electrons. The highest BCUT2D eigenvalue weighted by Gasteiger charge is 2.39. The van der Waals surface area contributed by atoms with E-state index in [1.807, 2.05) is 12.1 Å². The van der Waals surface area contributed by atoms with Crippen molar-refractivity contribution in [2.75, 3.05) is 0 Å². The molecule has 2 atom stereocenters. The van der Waals surface area contributed by atoms with E-state index in [0.29, 0.717) is 11.1 Å². The van der Waals surface area contributed by atoms with Gasteiger partial charge in [-0.3, -0.25) is 4.79 Å². The number of hydrogen-bond donors (Lipinski definition) is 0. The van der Waals surface area contributed by atoms with E-state index in [9.17, 15) is 13.2 Å². The first kappa shape index (κ1) is 18.9. The second-order valence-electron chi connectivity index (χ2n) is 6.13. The summed E-state index contributed by atoms with van der Waals surface area (Å²) in [5.74, 6) is -0.534. The van der Waals surface area contributed by atoms with Crippen LogP contribution in [-0.4, -0.2) is 14.4 Å². The van der Waals surface area contributed by atoms with Crippen LogP contribution >= 0.6 is 0 Å². The number of rotatable bonds is 6. The Bertz CT molecular complexity index is 984. The molecule has 4 nitrogen and oxygen atoms in total. The van der Waals surface area contributed by atoms with Gasteiger partial charge >= 0.3 is 5.97 Å². The zero-order valence-corrected chi connectivity index (χ0v) is 15.7. The van der Waals surface area contributed by atoms with Gasteiger partial charge in [-0.05, 0) is 23.3 Å². The standard InChI is InChI=1S/C22H20O4S/c1-17(23)26-21(18-11-5-2-6-12-18)22(19-13-7-3-8-14-19)27(24,25)20-15-9-4-10-16-20/h2-16,21-22H,1H3/t21-,22+/m1/s1. The van der Waals surface area contributed by atoms with Gasteiger partial charge in [0.05, 0.1) is 4.90 Å². The number of carbonyl (C=O) groups is 1. The molecule has 0 bridgehead atoms. The predicted octanol–water partition coefficient (Wildman–Crippen LogP) is 4.51. The molecule has 5 heteroatoms. The van der Waals surface area contributed by atoms with Crippen LogP contribution in [0, 0.1) is 0 Å². The van der Waals surface area contributed by atoms with E-state index in [1.165, 1.54) is 6.92 Å². The second kappa shape index (κ2) is 8.18. The van der Waals surface area contributed by atoms with Gasteiger partial charge in [0.2, 0.25) is 0 Å². The van der Waals surface area contributed by atoms with Crippen LogP contribution in [0.15, 0.2) is 95.9 Å². The van der Waals surface area contributed by atoms with E-state index in [4.69, 9.17) is 4.74 Å². The largest absolute Gasteiger partial charge is 0.456 e. The fourth-order valence-corrected chi connectivity index (χ4v) is 4.93. The molecule has 0 heterocycles. The van der Waals surface area contributed by atoms with E-state index >= 15 is 0 Å². The summed E-state index contributed by atoms with van der Waals surface area (Å²) in [7, 11) is -3.82. The second-order valence-corrected chi connectivity index (χ2v) is 8.20. The van der Waals surface area contributed by atoms with Crippen LogP contribution in [0.2, 0.25) is 0 Å². The van der Waals surface area contributed by atoms with Gasteiger partial charge in [0, 0.05) is 6.92 Å². The van der Waals surface area contributed by atoms with Crippen LogP contribution in [0.4, 0.5) is 0 Å². The fourth-order valence-electron chi connectivity index (χ4n) is 3.04. The summed E-state index contributed by atoms with van der Waals surface area (Å²) in [4.78, 5) is 12.0. The molecule has 0 N–H and O–H groups in total. The lowest BCUT2D eigenvalue weighted by molar-refractivity contribution is -0.146. The molecule has 0 aliphatic heterocycles. The minimum absolute atomic E-state index is 0.187. The number of carbonyl (C=O) groups excluding carboxylic acids is 1. The zero-order valence-electron chi connectivity index (χ0n) is 14.9. The Morgan fingerprint density at radius 3 is 1.67 bits per heavy atom. The normalized spacial score (nSPS) is 13.5. The molecule has 0 saturated carbocycles. The Morgan fingerprint density at radius 2 is 1.19 bits per heavy atom. The van der Waals surface area contributed by atoms with Gasteiger partial charge < -0.3 is 4.74 Å². The molecule has 0 aliphatic carbocycles. The highest BCUT2D eigenvalue weighted by Crippen LogP contribution is 2.41. The highest BCUT2D eigenvalue weighted by atomic mass is 32.2. The summed E-state index contributed by atoms with van der Waals surface area (Å²) >= 11 is 0. The topological polar surface area (TPSA) is 60.4 Å². The maximum Gasteiger partial charge on any atom is 0.303 e. The molecule has 27 heavy (non-hydrogen) atoms. The molecular weight excluding hydrogens is 360 g/mol. The first-order valence-corrected chi connectivity index (χ1v) is 10.1. The first-order valence-electron chi connectivity index (χ1n) is 8.56.